The van der Waals surface area contributed by atoms with Gasteiger partial charge in [-0.05, 0) is 56.2 Å². The van der Waals surface area contributed by atoms with Gasteiger partial charge in [-0.25, -0.2) is 0 Å². The number of amides is 1. The number of aliphatic hydroxyl groups is 2. The Hall–Kier alpha value is -2.47. The average molecular weight is 411 g/mol. The maximum absolute atomic E-state index is 13.0. The lowest BCUT2D eigenvalue weighted by atomic mass is 9.47. The summed E-state index contributed by atoms with van der Waals surface area (Å²) >= 11 is 0. The molecular formula is C24H29NO5. The highest BCUT2D eigenvalue weighted by Crippen LogP contribution is 2.67. The molecule has 2 saturated carbocycles. The molecule has 4 aliphatic rings. The second-order valence-corrected chi connectivity index (χ2v) is 9.20. The van der Waals surface area contributed by atoms with Crippen LogP contribution in [0.25, 0.3) is 6.08 Å². The summed E-state index contributed by atoms with van der Waals surface area (Å²) in [5, 5.41) is 22.4. The molecule has 3 fully saturated rings. The molecule has 2 N–H and O–H groups in total. The maximum Gasteiger partial charge on any atom is 0.246 e. The molecule has 160 valence electrons. The van der Waals surface area contributed by atoms with E-state index < -0.39 is 11.0 Å². The molecule has 0 spiro atoms. The highest BCUT2D eigenvalue weighted by atomic mass is 16.5. The highest BCUT2D eigenvalue weighted by molar-refractivity contribution is 5.91. The van der Waals surface area contributed by atoms with Crippen LogP contribution in [0.3, 0.4) is 0 Å². The molecule has 0 bridgehead atoms. The minimum Gasteiger partial charge on any atom is -0.504 e. The quantitative estimate of drug-likeness (QED) is 0.737. The first kappa shape index (κ1) is 19.5. The normalized spacial score (nSPS) is 39.2. The number of likely N-dealkylation sites (N-methyl/N-ethyl adjacent to an activating group) is 1. The van der Waals surface area contributed by atoms with Gasteiger partial charge in [0, 0.05) is 30.0 Å². The van der Waals surface area contributed by atoms with Crippen molar-refractivity contribution in [2.75, 3.05) is 7.05 Å². The molecule has 1 saturated heterocycles. The van der Waals surface area contributed by atoms with E-state index in [1.165, 1.54) is 0 Å². The van der Waals surface area contributed by atoms with Crippen LogP contribution in [0.15, 0.2) is 52.8 Å². The summed E-state index contributed by atoms with van der Waals surface area (Å²) < 4.78 is 11.5. The van der Waals surface area contributed by atoms with Crippen molar-refractivity contribution in [3.05, 3.63) is 53.9 Å². The van der Waals surface area contributed by atoms with E-state index in [2.05, 4.69) is 13.0 Å². The number of furan rings is 1. The molecule has 2 heterocycles. The third-order valence-corrected chi connectivity index (χ3v) is 8.13. The van der Waals surface area contributed by atoms with E-state index >= 15 is 0 Å². The zero-order chi connectivity index (χ0) is 21.1. The van der Waals surface area contributed by atoms with Crippen LogP contribution < -0.4 is 0 Å². The number of rotatable bonds is 4. The van der Waals surface area contributed by atoms with Gasteiger partial charge >= 0.3 is 0 Å². The van der Waals surface area contributed by atoms with Crippen LogP contribution in [0.5, 0.6) is 0 Å². The average Bonchev–Trinajstić information content (AvgIpc) is 3.39. The van der Waals surface area contributed by atoms with Crippen molar-refractivity contribution in [1.82, 2.24) is 4.90 Å². The van der Waals surface area contributed by atoms with Crippen LogP contribution in [0.4, 0.5) is 0 Å². The second kappa shape index (κ2) is 6.77. The third kappa shape index (κ3) is 2.49. The van der Waals surface area contributed by atoms with Gasteiger partial charge in [-0.3, -0.25) is 4.79 Å². The molecule has 0 aromatic carbocycles. The first-order valence-corrected chi connectivity index (χ1v) is 10.9. The summed E-state index contributed by atoms with van der Waals surface area (Å²) in [4.78, 5) is 14.7. The van der Waals surface area contributed by atoms with Gasteiger partial charge in [0.05, 0.1) is 24.2 Å². The van der Waals surface area contributed by atoms with Gasteiger partial charge in [-0.2, -0.15) is 0 Å². The van der Waals surface area contributed by atoms with E-state index in [4.69, 9.17) is 9.15 Å². The molecular weight excluding hydrogens is 382 g/mol. The summed E-state index contributed by atoms with van der Waals surface area (Å²) in [6.07, 6.45) is 13.6. The Kier molecular flexibility index (Phi) is 4.40. The molecule has 0 radical (unpaired) electrons. The van der Waals surface area contributed by atoms with Crippen LogP contribution >= 0.6 is 0 Å². The zero-order valence-electron chi connectivity index (χ0n) is 17.5. The van der Waals surface area contributed by atoms with Crippen molar-refractivity contribution in [1.29, 1.82) is 0 Å². The van der Waals surface area contributed by atoms with Crippen molar-refractivity contribution < 1.29 is 24.2 Å². The number of hydrogen-bond acceptors (Lipinski definition) is 5. The first-order valence-electron chi connectivity index (χ1n) is 10.9. The predicted octanol–water partition coefficient (Wildman–Crippen LogP) is 3.81. The number of carbonyl (C=O) groups is 1. The standard InChI is InChI=1S/C24H29NO5/c1-3-24-20-16-5-6-18(26)21(20)30-22(24)17(9-12-23(24,28)11-8-16)25(2)19(27)7-4-15-10-13-29-14-15/h4-7,10,13-14,16-17,20,22,26,28H,3,8-9,11-12H2,1-2H3/b7-4+/t16?,17-,20?,22+,23+,24+/m1/s1. The number of aliphatic hydroxyl groups excluding tert-OH is 1. The number of ether oxygens (including phenoxy) is 1. The minimum atomic E-state index is -0.839. The van der Waals surface area contributed by atoms with Crippen molar-refractivity contribution in [2.45, 2.75) is 56.8 Å². The monoisotopic (exact) mass is 411 g/mol. The van der Waals surface area contributed by atoms with Gasteiger partial charge in [0.25, 0.3) is 0 Å². The molecule has 30 heavy (non-hydrogen) atoms. The summed E-state index contributed by atoms with van der Waals surface area (Å²) in [7, 11) is 1.80. The number of allylic oxidation sites excluding steroid dienone is 3. The van der Waals surface area contributed by atoms with Gasteiger partial charge < -0.3 is 24.3 Å². The van der Waals surface area contributed by atoms with Crippen molar-refractivity contribution >= 4 is 12.0 Å². The Bertz CT molecular complexity index is 931. The lowest BCUT2D eigenvalue weighted by molar-refractivity contribution is -0.205. The molecule has 1 aromatic heterocycles. The van der Waals surface area contributed by atoms with Crippen LogP contribution in [0.2, 0.25) is 0 Å². The van der Waals surface area contributed by atoms with Gasteiger partial charge in [0.15, 0.2) is 5.76 Å². The van der Waals surface area contributed by atoms with Crippen LogP contribution in [-0.4, -0.2) is 45.8 Å². The molecule has 1 aromatic rings. The zero-order valence-corrected chi connectivity index (χ0v) is 17.5. The summed E-state index contributed by atoms with van der Waals surface area (Å²) in [5.41, 5.74) is -0.511. The minimum absolute atomic E-state index is 0.0379. The SMILES string of the molecule is CC[C@@]12C3C4=C(O)C=CC3CC[C@]1(O)CC[C@@H](N(C)C(=O)/C=C/c1ccoc1)[C@@H]2O4. The van der Waals surface area contributed by atoms with Crippen molar-refractivity contribution in [3.8, 4) is 0 Å². The summed E-state index contributed by atoms with van der Waals surface area (Å²) in [6, 6.07) is 1.63. The third-order valence-electron chi connectivity index (χ3n) is 8.13. The molecule has 5 rings (SSSR count). The molecule has 3 aliphatic carbocycles. The Balaban J connectivity index is 1.50. The molecule has 1 amide bonds. The Morgan fingerprint density at radius 3 is 2.90 bits per heavy atom. The fraction of sp³-hybridized carbons (Fsp3) is 0.542. The lowest BCUT2D eigenvalue weighted by Crippen LogP contribution is -2.67. The largest absolute Gasteiger partial charge is 0.504 e. The number of hydrogen-bond donors (Lipinski definition) is 2. The van der Waals surface area contributed by atoms with Gasteiger partial charge in [-0.15, -0.1) is 0 Å². The van der Waals surface area contributed by atoms with E-state index in [1.807, 2.05) is 0 Å². The van der Waals surface area contributed by atoms with Crippen molar-refractivity contribution in [2.24, 2.45) is 17.3 Å². The number of nitrogens with zero attached hydrogens (tertiary/aromatic N) is 1. The Labute approximate surface area is 176 Å². The van der Waals surface area contributed by atoms with Crippen LogP contribution in [-0.2, 0) is 9.53 Å². The smallest absolute Gasteiger partial charge is 0.246 e. The summed E-state index contributed by atoms with van der Waals surface area (Å²) in [5.74, 6) is 0.871. The predicted molar refractivity (Wildman–Crippen MR) is 111 cm³/mol. The fourth-order valence-electron chi connectivity index (χ4n) is 6.67. The van der Waals surface area contributed by atoms with Gasteiger partial charge in [0.1, 0.15) is 11.9 Å². The first-order chi connectivity index (χ1) is 14.4. The molecule has 6 nitrogen and oxygen atoms in total. The fourth-order valence-corrected chi connectivity index (χ4v) is 6.67. The number of carbonyl (C=O) groups excluding carboxylic acids is 1. The molecule has 1 aliphatic heterocycles. The lowest BCUT2D eigenvalue weighted by Gasteiger charge is -2.59. The van der Waals surface area contributed by atoms with E-state index in [1.54, 1.807) is 48.8 Å². The Morgan fingerprint density at radius 2 is 2.17 bits per heavy atom. The van der Waals surface area contributed by atoms with E-state index in [-0.39, 0.29) is 35.6 Å². The van der Waals surface area contributed by atoms with E-state index in [9.17, 15) is 15.0 Å². The molecule has 2 unspecified atom stereocenters. The van der Waals surface area contributed by atoms with E-state index in [0.29, 0.717) is 18.6 Å². The topological polar surface area (TPSA) is 83.1 Å². The maximum atomic E-state index is 13.0. The highest BCUT2D eigenvalue weighted by Gasteiger charge is 2.72. The molecule has 6 heteroatoms. The van der Waals surface area contributed by atoms with Gasteiger partial charge in [0.2, 0.25) is 5.91 Å². The second-order valence-electron chi connectivity index (χ2n) is 9.20. The van der Waals surface area contributed by atoms with E-state index in [0.717, 1.165) is 24.8 Å². The van der Waals surface area contributed by atoms with Crippen LogP contribution in [0.1, 0.15) is 44.6 Å². The summed E-state index contributed by atoms with van der Waals surface area (Å²) in [6.45, 7) is 2.10. The molecule has 6 atom stereocenters. The van der Waals surface area contributed by atoms with Gasteiger partial charge in [-0.1, -0.05) is 13.0 Å². The Morgan fingerprint density at radius 1 is 1.37 bits per heavy atom. The van der Waals surface area contributed by atoms with Crippen LogP contribution in [0, 0.1) is 17.3 Å². The van der Waals surface area contributed by atoms with Crippen molar-refractivity contribution in [3.63, 3.8) is 0 Å².